The van der Waals surface area contributed by atoms with Crippen molar-refractivity contribution in [3.8, 4) is 0 Å². The Kier molecular flexibility index (Phi) is 8.28. The second-order valence-corrected chi connectivity index (χ2v) is 7.17. The summed E-state index contributed by atoms with van der Waals surface area (Å²) in [7, 11) is -4.23. The second kappa shape index (κ2) is 10.5. The van der Waals surface area contributed by atoms with Gasteiger partial charge in [-0.25, -0.2) is 0 Å². The molecule has 0 unspecified atom stereocenters. The molecule has 0 aromatic heterocycles. The zero-order chi connectivity index (χ0) is 18.0. The van der Waals surface area contributed by atoms with E-state index in [2.05, 4.69) is 0 Å². The third-order valence-electron chi connectivity index (χ3n) is 3.31. The number of hydrogen-bond donors (Lipinski definition) is 2. The van der Waals surface area contributed by atoms with E-state index in [0.717, 1.165) is 11.1 Å². The summed E-state index contributed by atoms with van der Waals surface area (Å²) < 4.78 is 27.5. The first-order chi connectivity index (χ1) is 12.0. The van der Waals surface area contributed by atoms with Gasteiger partial charge in [-0.1, -0.05) is 60.7 Å². The van der Waals surface area contributed by atoms with Gasteiger partial charge in [0.15, 0.2) is 0 Å². The van der Waals surface area contributed by atoms with E-state index in [0.29, 0.717) is 13.2 Å². The Morgan fingerprint density at radius 1 is 0.800 bits per heavy atom. The van der Waals surface area contributed by atoms with E-state index in [1.165, 1.54) is 0 Å². The molecule has 2 aromatic carbocycles. The van der Waals surface area contributed by atoms with Gasteiger partial charge in [0.05, 0.1) is 26.4 Å². The van der Waals surface area contributed by atoms with Crippen LogP contribution < -0.4 is 0 Å². The van der Waals surface area contributed by atoms with Crippen LogP contribution in [-0.2, 0) is 32.0 Å². The van der Waals surface area contributed by atoms with Gasteiger partial charge in [0.2, 0.25) is 0 Å². The van der Waals surface area contributed by atoms with Crippen LogP contribution in [-0.4, -0.2) is 35.5 Å². The number of rotatable bonds is 11. The van der Waals surface area contributed by atoms with E-state index >= 15 is 0 Å². The molecule has 0 aliphatic heterocycles. The van der Waals surface area contributed by atoms with Crippen molar-refractivity contribution < 1.29 is 28.6 Å². The summed E-state index contributed by atoms with van der Waals surface area (Å²) in [4.78, 5) is 18.0. The summed E-state index contributed by atoms with van der Waals surface area (Å²) in [5, 5.41) is 0. The van der Waals surface area contributed by atoms with Crippen molar-refractivity contribution in [2.24, 2.45) is 0 Å². The van der Waals surface area contributed by atoms with Gasteiger partial charge in [-0.2, -0.15) is 0 Å². The molecule has 25 heavy (non-hydrogen) atoms. The van der Waals surface area contributed by atoms with Crippen molar-refractivity contribution in [2.45, 2.75) is 19.3 Å². The number of benzene rings is 2. The van der Waals surface area contributed by atoms with Gasteiger partial charge >= 0.3 is 7.60 Å². The smallest absolute Gasteiger partial charge is 0.350 e. The molecular formula is C18H23O6P. The Labute approximate surface area is 147 Å². The molecule has 0 spiro atoms. The minimum Gasteiger partial charge on any atom is -0.374 e. The van der Waals surface area contributed by atoms with Crippen molar-refractivity contribution in [3.05, 3.63) is 71.8 Å². The lowest BCUT2D eigenvalue weighted by Gasteiger charge is -2.19. The van der Waals surface area contributed by atoms with Crippen molar-refractivity contribution in [2.75, 3.05) is 19.6 Å². The fourth-order valence-electron chi connectivity index (χ4n) is 2.11. The molecule has 136 valence electrons. The van der Waals surface area contributed by atoms with Crippen LogP contribution in [0.15, 0.2) is 60.7 Å². The van der Waals surface area contributed by atoms with E-state index in [1.807, 2.05) is 60.7 Å². The van der Waals surface area contributed by atoms with Gasteiger partial charge in [0.1, 0.15) is 12.5 Å². The molecule has 2 rings (SSSR count). The fraction of sp³-hybridized carbons (Fsp3) is 0.333. The van der Waals surface area contributed by atoms with Crippen LogP contribution in [0.2, 0.25) is 0 Å². The summed E-state index contributed by atoms with van der Waals surface area (Å²) in [5.41, 5.74) is 2.03. The van der Waals surface area contributed by atoms with E-state index < -0.39 is 20.0 Å². The molecule has 2 N–H and O–H groups in total. The molecule has 0 bridgehead atoms. The molecule has 0 radical (unpaired) electrons. The highest BCUT2D eigenvalue weighted by atomic mass is 31.2. The highest BCUT2D eigenvalue weighted by molar-refractivity contribution is 7.51. The zero-order valence-corrected chi connectivity index (χ0v) is 14.8. The van der Waals surface area contributed by atoms with Crippen LogP contribution in [0, 0.1) is 0 Å². The first-order valence-electron chi connectivity index (χ1n) is 7.92. The summed E-state index contributed by atoms with van der Waals surface area (Å²) in [6, 6.07) is 19.3. The Bertz CT molecular complexity index is 598. The second-order valence-electron chi connectivity index (χ2n) is 5.58. The van der Waals surface area contributed by atoms with E-state index in [4.69, 9.17) is 24.0 Å². The molecule has 0 amide bonds. The molecule has 0 heterocycles. The van der Waals surface area contributed by atoms with Crippen LogP contribution in [0.3, 0.4) is 0 Å². The normalized spacial score (nSPS) is 11.8. The Morgan fingerprint density at radius 3 is 1.64 bits per heavy atom. The maximum Gasteiger partial charge on any atom is 0.350 e. The minimum absolute atomic E-state index is 0.184. The van der Waals surface area contributed by atoms with Crippen molar-refractivity contribution >= 4 is 7.60 Å². The number of hydrogen-bond acceptors (Lipinski definition) is 4. The molecule has 0 aliphatic carbocycles. The highest BCUT2D eigenvalue weighted by Gasteiger charge is 2.18. The molecule has 0 fully saturated rings. The van der Waals surface area contributed by atoms with E-state index in [-0.39, 0.29) is 13.2 Å². The Balaban J connectivity index is 1.78. The first kappa shape index (κ1) is 19.8. The molecule has 0 saturated carbocycles. The van der Waals surface area contributed by atoms with E-state index in [1.54, 1.807) is 0 Å². The van der Waals surface area contributed by atoms with Gasteiger partial charge in [-0.05, 0) is 11.1 Å². The van der Waals surface area contributed by atoms with Crippen molar-refractivity contribution in [1.29, 1.82) is 0 Å². The molecule has 0 atom stereocenters. The van der Waals surface area contributed by atoms with Crippen molar-refractivity contribution in [3.63, 3.8) is 0 Å². The standard InChI is InChI=1S/C18H23O6P/c19-25(20,21)15-24-18(13-22-11-16-7-3-1-4-8-16)14-23-12-17-9-5-2-6-10-17/h1-10,18H,11-15H2,(H2,19,20,21). The minimum atomic E-state index is -4.23. The lowest BCUT2D eigenvalue weighted by Crippen LogP contribution is -2.26. The predicted molar refractivity (Wildman–Crippen MR) is 94.0 cm³/mol. The largest absolute Gasteiger partial charge is 0.374 e. The van der Waals surface area contributed by atoms with Crippen LogP contribution in [0.4, 0.5) is 0 Å². The van der Waals surface area contributed by atoms with Crippen LogP contribution in [0.1, 0.15) is 11.1 Å². The van der Waals surface area contributed by atoms with Gasteiger partial charge in [-0.15, -0.1) is 0 Å². The van der Waals surface area contributed by atoms with Gasteiger partial charge in [0.25, 0.3) is 0 Å². The summed E-state index contributed by atoms with van der Waals surface area (Å²) in [6.45, 7) is 1.16. The maximum atomic E-state index is 11.0. The topological polar surface area (TPSA) is 85.2 Å². The third kappa shape index (κ3) is 8.93. The molecule has 7 heteroatoms. The van der Waals surface area contributed by atoms with Gasteiger partial charge in [0, 0.05) is 0 Å². The molecule has 0 aliphatic rings. The van der Waals surface area contributed by atoms with E-state index in [9.17, 15) is 4.57 Å². The lowest BCUT2D eigenvalue weighted by atomic mass is 10.2. The Morgan fingerprint density at radius 2 is 1.24 bits per heavy atom. The summed E-state index contributed by atoms with van der Waals surface area (Å²) in [6.07, 6.45) is -1.21. The van der Waals surface area contributed by atoms with Crippen LogP contribution >= 0.6 is 7.60 Å². The predicted octanol–water partition coefficient (Wildman–Crippen LogP) is 2.94. The lowest BCUT2D eigenvalue weighted by molar-refractivity contribution is -0.0569. The summed E-state index contributed by atoms with van der Waals surface area (Å²) >= 11 is 0. The zero-order valence-electron chi connectivity index (χ0n) is 13.9. The fourth-order valence-corrected chi connectivity index (χ4v) is 2.52. The maximum absolute atomic E-state index is 11.0. The quantitative estimate of drug-likeness (QED) is 0.595. The van der Waals surface area contributed by atoms with Crippen molar-refractivity contribution in [1.82, 2.24) is 0 Å². The molecular weight excluding hydrogens is 343 g/mol. The van der Waals surface area contributed by atoms with Crippen LogP contribution in [0.5, 0.6) is 0 Å². The van der Waals surface area contributed by atoms with Crippen LogP contribution in [0.25, 0.3) is 0 Å². The van der Waals surface area contributed by atoms with Gasteiger partial charge in [-0.3, -0.25) is 4.57 Å². The molecule has 2 aromatic rings. The first-order valence-corrected chi connectivity index (χ1v) is 9.72. The average Bonchev–Trinajstić information content (AvgIpc) is 2.60. The third-order valence-corrected chi connectivity index (χ3v) is 3.79. The monoisotopic (exact) mass is 366 g/mol. The Hall–Kier alpha value is -1.53. The highest BCUT2D eigenvalue weighted by Crippen LogP contribution is 2.34. The average molecular weight is 366 g/mol. The summed E-state index contributed by atoms with van der Waals surface area (Å²) in [5.74, 6) is 0. The number of ether oxygens (including phenoxy) is 3. The molecule has 6 nitrogen and oxygen atoms in total. The SMILES string of the molecule is O=P(O)(O)COC(COCc1ccccc1)COCc1ccccc1. The van der Waals surface area contributed by atoms with Gasteiger partial charge < -0.3 is 24.0 Å². The molecule has 0 saturated heterocycles.